The van der Waals surface area contributed by atoms with Crippen molar-refractivity contribution >= 4 is 6.09 Å². The predicted octanol–water partition coefficient (Wildman–Crippen LogP) is 4.17. The van der Waals surface area contributed by atoms with E-state index in [1.165, 1.54) is 24.2 Å². The lowest BCUT2D eigenvalue weighted by Gasteiger charge is -2.34. The van der Waals surface area contributed by atoms with Crippen LogP contribution in [0.3, 0.4) is 0 Å². The van der Waals surface area contributed by atoms with Gasteiger partial charge in [-0.05, 0) is 31.7 Å². The predicted molar refractivity (Wildman–Crippen MR) is 95.2 cm³/mol. The smallest absolute Gasteiger partial charge is 0.409 e. The van der Waals surface area contributed by atoms with Crippen molar-refractivity contribution in [3.63, 3.8) is 0 Å². The molecular formula is C20H29NO4. The van der Waals surface area contributed by atoms with Crippen molar-refractivity contribution in [2.75, 3.05) is 0 Å². The molecule has 1 aromatic rings. The Hall–Kier alpha value is -1.59. The standard InChI is InChI=1S/C20H29NO4/c1-20(2)21(19(23)24)16(13-14-9-5-3-6-10-14)18(25-20)17(22)15-11-7-4-8-12-15/h4,7-8,11-12,14,16-18,22H,3,5-6,9-10,13H2,1-2H3,(H,23,24)/t16-,17+,18+/m0/s1. The lowest BCUT2D eigenvalue weighted by atomic mass is 9.82. The molecule has 0 unspecified atom stereocenters. The van der Waals surface area contributed by atoms with Crippen LogP contribution < -0.4 is 0 Å². The highest BCUT2D eigenvalue weighted by Gasteiger charge is 2.52. The summed E-state index contributed by atoms with van der Waals surface area (Å²) in [5, 5.41) is 20.7. The monoisotopic (exact) mass is 347 g/mol. The number of hydrogen-bond acceptors (Lipinski definition) is 3. The fourth-order valence-corrected chi connectivity index (χ4v) is 4.51. The van der Waals surface area contributed by atoms with Crippen molar-refractivity contribution in [3.05, 3.63) is 35.9 Å². The van der Waals surface area contributed by atoms with Crippen LogP contribution in [-0.2, 0) is 4.74 Å². The first-order valence-electron chi connectivity index (χ1n) is 9.33. The fourth-order valence-electron chi connectivity index (χ4n) is 4.51. The lowest BCUT2D eigenvalue weighted by molar-refractivity contribution is -0.0986. The highest BCUT2D eigenvalue weighted by molar-refractivity contribution is 5.67. The number of amides is 1. The number of carboxylic acid groups (broad SMARTS) is 1. The summed E-state index contributed by atoms with van der Waals surface area (Å²) in [6.07, 6.45) is 4.35. The molecule has 1 aromatic carbocycles. The molecule has 25 heavy (non-hydrogen) atoms. The summed E-state index contributed by atoms with van der Waals surface area (Å²) in [5.74, 6) is 0.503. The lowest BCUT2D eigenvalue weighted by Crippen LogP contribution is -2.48. The molecule has 2 N–H and O–H groups in total. The van der Waals surface area contributed by atoms with Crippen molar-refractivity contribution in [3.8, 4) is 0 Å². The summed E-state index contributed by atoms with van der Waals surface area (Å²) >= 11 is 0. The summed E-state index contributed by atoms with van der Waals surface area (Å²) in [5.41, 5.74) is -0.171. The zero-order chi connectivity index (χ0) is 18.0. The Morgan fingerprint density at radius 1 is 1.24 bits per heavy atom. The Kier molecular flexibility index (Phi) is 5.35. The zero-order valence-electron chi connectivity index (χ0n) is 15.1. The molecule has 0 bridgehead atoms. The maximum Gasteiger partial charge on any atom is 0.409 e. The SMILES string of the molecule is CC1(C)O[C@@H]([C@H](O)c2ccccc2)[C@H](CC2CCCCC2)N1C(=O)O. The Labute approximate surface area is 149 Å². The number of ether oxygens (including phenoxy) is 1. The van der Waals surface area contributed by atoms with Crippen LogP contribution in [0.15, 0.2) is 30.3 Å². The van der Waals surface area contributed by atoms with E-state index < -0.39 is 24.0 Å². The van der Waals surface area contributed by atoms with Crippen LogP contribution >= 0.6 is 0 Å². The molecule has 1 aliphatic carbocycles. The molecule has 138 valence electrons. The van der Waals surface area contributed by atoms with Gasteiger partial charge < -0.3 is 14.9 Å². The van der Waals surface area contributed by atoms with Gasteiger partial charge in [-0.15, -0.1) is 0 Å². The molecule has 1 heterocycles. The van der Waals surface area contributed by atoms with E-state index >= 15 is 0 Å². The third kappa shape index (κ3) is 3.82. The molecule has 1 saturated carbocycles. The average Bonchev–Trinajstić information content (AvgIpc) is 2.86. The number of hydrogen-bond donors (Lipinski definition) is 2. The Balaban J connectivity index is 1.86. The number of aliphatic hydroxyl groups is 1. The van der Waals surface area contributed by atoms with Gasteiger partial charge in [0.25, 0.3) is 0 Å². The van der Waals surface area contributed by atoms with Crippen LogP contribution in [0.5, 0.6) is 0 Å². The van der Waals surface area contributed by atoms with E-state index in [1.54, 1.807) is 13.8 Å². The van der Waals surface area contributed by atoms with Crippen molar-refractivity contribution in [1.29, 1.82) is 0 Å². The molecule has 0 spiro atoms. The maximum atomic E-state index is 11.9. The van der Waals surface area contributed by atoms with E-state index in [0.717, 1.165) is 24.8 Å². The van der Waals surface area contributed by atoms with E-state index in [1.807, 2.05) is 30.3 Å². The van der Waals surface area contributed by atoms with Crippen LogP contribution in [0, 0.1) is 5.92 Å². The molecule has 3 atom stereocenters. The molecular weight excluding hydrogens is 318 g/mol. The molecule has 0 aromatic heterocycles. The first-order valence-corrected chi connectivity index (χ1v) is 9.33. The van der Waals surface area contributed by atoms with Gasteiger partial charge in [-0.1, -0.05) is 62.4 Å². The fraction of sp³-hybridized carbons (Fsp3) is 0.650. The second kappa shape index (κ2) is 7.34. The third-order valence-electron chi connectivity index (χ3n) is 5.67. The van der Waals surface area contributed by atoms with Crippen LogP contribution in [-0.4, -0.2) is 39.1 Å². The van der Waals surface area contributed by atoms with Gasteiger partial charge in [0.1, 0.15) is 17.9 Å². The number of carbonyl (C=O) groups is 1. The molecule has 1 aliphatic heterocycles. The van der Waals surface area contributed by atoms with Crippen molar-refractivity contribution < 1.29 is 19.7 Å². The quantitative estimate of drug-likeness (QED) is 0.857. The second-order valence-corrected chi connectivity index (χ2v) is 7.84. The summed E-state index contributed by atoms with van der Waals surface area (Å²) in [7, 11) is 0. The first kappa shape index (κ1) is 18.2. The normalized spacial score (nSPS) is 28.0. The first-order chi connectivity index (χ1) is 11.9. The minimum atomic E-state index is -0.978. The highest BCUT2D eigenvalue weighted by atomic mass is 16.6. The molecule has 5 heteroatoms. The van der Waals surface area contributed by atoms with Gasteiger partial charge in [0, 0.05) is 0 Å². The molecule has 0 radical (unpaired) electrons. The average molecular weight is 347 g/mol. The van der Waals surface area contributed by atoms with Gasteiger partial charge in [-0.3, -0.25) is 4.90 Å². The second-order valence-electron chi connectivity index (χ2n) is 7.84. The maximum absolute atomic E-state index is 11.9. The van der Waals surface area contributed by atoms with Crippen molar-refractivity contribution in [2.24, 2.45) is 5.92 Å². The van der Waals surface area contributed by atoms with E-state index in [2.05, 4.69) is 0 Å². The van der Waals surface area contributed by atoms with E-state index in [-0.39, 0.29) is 6.04 Å². The molecule has 5 nitrogen and oxygen atoms in total. The van der Waals surface area contributed by atoms with Crippen molar-refractivity contribution in [1.82, 2.24) is 4.90 Å². The minimum absolute atomic E-state index is 0.328. The zero-order valence-corrected chi connectivity index (χ0v) is 15.1. The number of rotatable bonds is 4. The van der Waals surface area contributed by atoms with Crippen molar-refractivity contribution in [2.45, 2.75) is 76.3 Å². The Morgan fingerprint density at radius 2 is 1.88 bits per heavy atom. The summed E-state index contributed by atoms with van der Waals surface area (Å²) in [4.78, 5) is 13.4. The molecule has 2 fully saturated rings. The topological polar surface area (TPSA) is 70.0 Å². The van der Waals surface area contributed by atoms with Gasteiger partial charge in [-0.2, -0.15) is 0 Å². The summed E-state index contributed by atoms with van der Waals surface area (Å²) in [6, 6.07) is 9.06. The number of benzene rings is 1. The molecule has 1 amide bonds. The van der Waals surface area contributed by atoms with Gasteiger partial charge >= 0.3 is 6.09 Å². The summed E-state index contributed by atoms with van der Waals surface area (Å²) in [6.45, 7) is 3.54. The molecule has 2 aliphatic rings. The van der Waals surface area contributed by atoms with Gasteiger partial charge in [0.05, 0.1) is 6.04 Å². The van der Waals surface area contributed by atoms with Gasteiger partial charge in [0.2, 0.25) is 0 Å². The van der Waals surface area contributed by atoms with E-state index in [0.29, 0.717) is 5.92 Å². The minimum Gasteiger partial charge on any atom is -0.465 e. The van der Waals surface area contributed by atoms with Crippen LogP contribution in [0.1, 0.15) is 64.0 Å². The Morgan fingerprint density at radius 3 is 2.48 bits per heavy atom. The highest BCUT2D eigenvalue weighted by Crippen LogP contribution is 2.42. The summed E-state index contributed by atoms with van der Waals surface area (Å²) < 4.78 is 6.09. The Bertz CT molecular complexity index is 583. The third-order valence-corrected chi connectivity index (χ3v) is 5.67. The van der Waals surface area contributed by atoms with Gasteiger partial charge in [0.15, 0.2) is 0 Å². The van der Waals surface area contributed by atoms with E-state index in [9.17, 15) is 15.0 Å². The number of aliphatic hydroxyl groups excluding tert-OH is 1. The van der Waals surface area contributed by atoms with E-state index in [4.69, 9.17) is 4.74 Å². The van der Waals surface area contributed by atoms with Crippen LogP contribution in [0.4, 0.5) is 4.79 Å². The number of nitrogens with zero attached hydrogens (tertiary/aromatic N) is 1. The largest absolute Gasteiger partial charge is 0.465 e. The van der Waals surface area contributed by atoms with Gasteiger partial charge in [-0.25, -0.2) is 4.79 Å². The molecule has 1 saturated heterocycles. The molecule has 3 rings (SSSR count). The van der Waals surface area contributed by atoms with Crippen LogP contribution in [0.25, 0.3) is 0 Å². The van der Waals surface area contributed by atoms with Crippen LogP contribution in [0.2, 0.25) is 0 Å².